The van der Waals surface area contributed by atoms with Crippen LogP contribution in [0.5, 0.6) is 0 Å². The third-order valence-corrected chi connectivity index (χ3v) is 3.83. The molecule has 2 N–H and O–H groups in total. The van der Waals surface area contributed by atoms with Crippen molar-refractivity contribution in [1.82, 2.24) is 5.43 Å². The molecule has 0 saturated heterocycles. The Morgan fingerprint density at radius 3 is 2.59 bits per heavy atom. The topological polar surface area (TPSA) is 114 Å². The maximum absolute atomic E-state index is 11.9. The van der Waals surface area contributed by atoms with Crippen molar-refractivity contribution in [2.45, 2.75) is 12.8 Å². The number of rotatable bonds is 7. The molecule has 0 saturated carbocycles. The second-order valence-corrected chi connectivity index (χ2v) is 6.16. The summed E-state index contributed by atoms with van der Waals surface area (Å²) in [5, 5.41) is 17.7. The first-order valence-electron chi connectivity index (χ1n) is 7.66. The number of nitro benzene ring substituents is 1. The lowest BCUT2D eigenvalue weighted by molar-refractivity contribution is -0.384. The molecule has 2 aromatic carbocycles. The highest BCUT2D eigenvalue weighted by atomic mass is 35.5. The molecule has 0 aliphatic rings. The highest BCUT2D eigenvalue weighted by Gasteiger charge is 2.09. The predicted molar refractivity (Wildman–Crippen MR) is 103 cm³/mol. The fourth-order valence-electron chi connectivity index (χ4n) is 1.99. The fourth-order valence-corrected chi connectivity index (χ4v) is 2.32. The maximum Gasteiger partial charge on any atom is 0.270 e. The van der Waals surface area contributed by atoms with Crippen LogP contribution in [-0.2, 0) is 9.59 Å². The number of hydrogen-bond acceptors (Lipinski definition) is 5. The van der Waals surface area contributed by atoms with E-state index in [0.717, 1.165) is 0 Å². The molecule has 2 aromatic rings. The molecule has 8 nitrogen and oxygen atoms in total. The number of hydrazone groups is 1. The van der Waals surface area contributed by atoms with Crippen molar-refractivity contribution in [2.75, 3.05) is 5.32 Å². The number of halogens is 2. The van der Waals surface area contributed by atoms with Gasteiger partial charge in [-0.15, -0.1) is 0 Å². The molecule has 0 radical (unpaired) electrons. The van der Waals surface area contributed by atoms with Gasteiger partial charge in [0, 0.05) is 35.6 Å². The zero-order chi connectivity index (χ0) is 19.8. The molecule has 0 aliphatic heterocycles. The van der Waals surface area contributed by atoms with Gasteiger partial charge in [-0.2, -0.15) is 5.10 Å². The van der Waals surface area contributed by atoms with Crippen molar-refractivity contribution in [3.63, 3.8) is 0 Å². The number of nitrogens with zero attached hydrogens (tertiary/aromatic N) is 2. The molecule has 10 heteroatoms. The van der Waals surface area contributed by atoms with Gasteiger partial charge in [0.2, 0.25) is 11.8 Å². The van der Waals surface area contributed by atoms with Gasteiger partial charge in [0.25, 0.3) is 5.69 Å². The van der Waals surface area contributed by atoms with Gasteiger partial charge in [0.1, 0.15) is 0 Å². The molecular formula is C17H14Cl2N4O4. The molecule has 27 heavy (non-hydrogen) atoms. The molecule has 140 valence electrons. The van der Waals surface area contributed by atoms with Gasteiger partial charge in [-0.05, 0) is 18.2 Å². The molecule has 0 aromatic heterocycles. The van der Waals surface area contributed by atoms with Crippen molar-refractivity contribution < 1.29 is 14.5 Å². The maximum atomic E-state index is 11.9. The second kappa shape index (κ2) is 9.65. The first-order chi connectivity index (χ1) is 12.8. The number of carbonyl (C=O) groups is 2. The summed E-state index contributed by atoms with van der Waals surface area (Å²) in [6, 6.07) is 10.4. The minimum Gasteiger partial charge on any atom is -0.325 e. The Morgan fingerprint density at radius 1 is 1.11 bits per heavy atom. The van der Waals surface area contributed by atoms with E-state index in [1.54, 1.807) is 18.2 Å². The van der Waals surface area contributed by atoms with E-state index >= 15 is 0 Å². The van der Waals surface area contributed by atoms with Gasteiger partial charge in [-0.1, -0.05) is 35.3 Å². The van der Waals surface area contributed by atoms with Crippen LogP contribution < -0.4 is 10.7 Å². The lowest BCUT2D eigenvalue weighted by atomic mass is 10.2. The van der Waals surface area contributed by atoms with Crippen molar-refractivity contribution in [3.8, 4) is 0 Å². The SMILES string of the molecule is O=C(CCC(=O)Nc1cc(Cl)ccc1Cl)NN=Cc1cccc([N+](=O)[O-])c1. The molecule has 0 fully saturated rings. The molecule has 0 atom stereocenters. The van der Waals surface area contributed by atoms with Crippen LogP contribution in [0.2, 0.25) is 10.0 Å². The molecule has 2 amide bonds. The standard InChI is InChI=1S/C17H14Cl2N4O4/c18-12-4-5-14(19)15(9-12)21-16(24)6-7-17(25)22-20-10-11-2-1-3-13(8-11)23(26)27/h1-5,8-10H,6-7H2,(H,21,24)(H,22,25). The Balaban J connectivity index is 1.80. The van der Waals surface area contributed by atoms with Gasteiger partial charge in [-0.25, -0.2) is 5.43 Å². The minimum atomic E-state index is -0.527. The summed E-state index contributed by atoms with van der Waals surface area (Å²) in [7, 11) is 0. The number of non-ortho nitro benzene ring substituents is 1. The van der Waals surface area contributed by atoms with E-state index in [-0.39, 0.29) is 18.5 Å². The molecule has 0 aliphatic carbocycles. The van der Waals surface area contributed by atoms with Gasteiger partial charge in [0.15, 0.2) is 0 Å². The first-order valence-corrected chi connectivity index (χ1v) is 8.42. The van der Waals surface area contributed by atoms with Crippen LogP contribution in [0, 0.1) is 10.1 Å². The van der Waals surface area contributed by atoms with Crippen molar-refractivity contribution >= 4 is 52.6 Å². The largest absolute Gasteiger partial charge is 0.325 e. The highest BCUT2D eigenvalue weighted by Crippen LogP contribution is 2.25. The van der Waals surface area contributed by atoms with Crippen LogP contribution in [0.25, 0.3) is 0 Å². The Kier molecular flexibility index (Phi) is 7.27. The molecule has 2 rings (SSSR count). The number of carbonyl (C=O) groups excluding carboxylic acids is 2. The number of nitrogens with one attached hydrogen (secondary N) is 2. The van der Waals surface area contributed by atoms with Crippen LogP contribution in [0.15, 0.2) is 47.6 Å². The molecule has 0 bridgehead atoms. The minimum absolute atomic E-state index is 0.0818. The summed E-state index contributed by atoms with van der Waals surface area (Å²) in [6.45, 7) is 0. The van der Waals surface area contributed by atoms with E-state index in [4.69, 9.17) is 23.2 Å². The summed E-state index contributed by atoms with van der Waals surface area (Å²) in [4.78, 5) is 33.8. The van der Waals surface area contributed by atoms with Crippen molar-refractivity contribution in [1.29, 1.82) is 0 Å². The highest BCUT2D eigenvalue weighted by molar-refractivity contribution is 6.35. The Labute approximate surface area is 164 Å². The third-order valence-electron chi connectivity index (χ3n) is 3.27. The summed E-state index contributed by atoms with van der Waals surface area (Å²) in [5.41, 5.74) is 2.99. The average Bonchev–Trinajstić information content (AvgIpc) is 2.63. The smallest absolute Gasteiger partial charge is 0.270 e. The molecular weight excluding hydrogens is 395 g/mol. The van der Waals surface area contributed by atoms with E-state index in [1.165, 1.54) is 30.5 Å². The lowest BCUT2D eigenvalue weighted by Crippen LogP contribution is -2.20. The predicted octanol–water partition coefficient (Wildman–Crippen LogP) is 3.77. The van der Waals surface area contributed by atoms with E-state index in [2.05, 4.69) is 15.8 Å². The number of nitro groups is 1. The Bertz CT molecular complexity index is 902. The fraction of sp³-hybridized carbons (Fsp3) is 0.118. The van der Waals surface area contributed by atoms with Crippen LogP contribution in [0.4, 0.5) is 11.4 Å². The van der Waals surface area contributed by atoms with Gasteiger partial charge in [0.05, 0.1) is 21.8 Å². The van der Waals surface area contributed by atoms with Gasteiger partial charge >= 0.3 is 0 Å². The average molecular weight is 409 g/mol. The number of hydrogen-bond donors (Lipinski definition) is 2. The second-order valence-electron chi connectivity index (χ2n) is 5.32. The third kappa shape index (κ3) is 6.69. The monoisotopic (exact) mass is 408 g/mol. The summed E-state index contributed by atoms with van der Waals surface area (Å²) < 4.78 is 0. The number of benzene rings is 2. The number of anilines is 1. The number of amides is 2. The van der Waals surface area contributed by atoms with E-state index in [1.807, 2.05) is 0 Å². The van der Waals surface area contributed by atoms with E-state index < -0.39 is 16.7 Å². The Hall–Kier alpha value is -2.97. The first kappa shape index (κ1) is 20.3. The van der Waals surface area contributed by atoms with E-state index in [0.29, 0.717) is 21.3 Å². The van der Waals surface area contributed by atoms with Crippen LogP contribution in [-0.4, -0.2) is 23.0 Å². The van der Waals surface area contributed by atoms with Crippen LogP contribution in [0.1, 0.15) is 18.4 Å². The van der Waals surface area contributed by atoms with Gasteiger partial charge < -0.3 is 5.32 Å². The molecule has 0 heterocycles. The van der Waals surface area contributed by atoms with Crippen LogP contribution in [0.3, 0.4) is 0 Å². The van der Waals surface area contributed by atoms with Crippen LogP contribution >= 0.6 is 23.2 Å². The van der Waals surface area contributed by atoms with Crippen molar-refractivity contribution in [3.05, 3.63) is 68.2 Å². The zero-order valence-electron chi connectivity index (χ0n) is 13.8. The quantitative estimate of drug-likeness (QED) is 0.412. The van der Waals surface area contributed by atoms with Crippen molar-refractivity contribution in [2.24, 2.45) is 5.10 Å². The summed E-state index contributed by atoms with van der Waals surface area (Å²) >= 11 is 11.8. The Morgan fingerprint density at radius 2 is 1.85 bits per heavy atom. The zero-order valence-corrected chi connectivity index (χ0v) is 15.3. The molecule has 0 spiro atoms. The van der Waals surface area contributed by atoms with Gasteiger partial charge in [-0.3, -0.25) is 19.7 Å². The summed E-state index contributed by atoms with van der Waals surface area (Å²) in [5.74, 6) is -0.888. The lowest BCUT2D eigenvalue weighted by Gasteiger charge is -2.07. The summed E-state index contributed by atoms with van der Waals surface area (Å²) in [6.07, 6.45) is 1.09. The molecule has 0 unspecified atom stereocenters. The van der Waals surface area contributed by atoms with E-state index in [9.17, 15) is 19.7 Å². The normalized spacial score (nSPS) is 10.6.